The second-order valence-corrected chi connectivity index (χ2v) is 9.78. The first-order valence-electron chi connectivity index (χ1n) is 8.99. The van der Waals surface area contributed by atoms with Gasteiger partial charge in [-0.15, -0.1) is 0 Å². The average Bonchev–Trinajstić information content (AvgIpc) is 2.67. The average molecular weight is 451 g/mol. The molecular weight excluding hydrogens is 428 g/mol. The molecule has 7 heteroatoms. The van der Waals surface area contributed by atoms with Gasteiger partial charge in [0.15, 0.2) is 5.78 Å². The standard InChI is InChI=1S/C20H23BrN2O3S/c1-15-4-3-11-23(14-15)27(25,26)19-6-2-5-16(12-19)20(24)13-22-18-9-7-17(21)8-10-18/h2,5-10,12,15,22H,3-4,11,13-14H2,1H3. The Bertz CT molecular complexity index is 913. The Balaban J connectivity index is 1.72. The number of carbonyl (C=O) groups excluding carboxylic acids is 1. The number of piperidine rings is 1. The first kappa shape index (κ1) is 20.0. The molecule has 1 atom stereocenters. The van der Waals surface area contributed by atoms with Crippen molar-refractivity contribution in [3.63, 3.8) is 0 Å². The van der Waals surface area contributed by atoms with Gasteiger partial charge in [-0.05, 0) is 55.2 Å². The molecule has 1 saturated heterocycles. The fraction of sp³-hybridized carbons (Fsp3) is 0.350. The summed E-state index contributed by atoms with van der Waals surface area (Å²) in [4.78, 5) is 12.7. The smallest absolute Gasteiger partial charge is 0.243 e. The molecule has 0 saturated carbocycles. The SMILES string of the molecule is CC1CCCN(S(=O)(=O)c2cccc(C(=O)CNc3ccc(Br)cc3)c2)C1. The molecule has 1 aliphatic heterocycles. The fourth-order valence-electron chi connectivity index (χ4n) is 3.20. The number of nitrogens with one attached hydrogen (secondary N) is 1. The molecule has 1 N–H and O–H groups in total. The normalized spacial score (nSPS) is 18.2. The Morgan fingerprint density at radius 2 is 1.96 bits per heavy atom. The maximum Gasteiger partial charge on any atom is 0.243 e. The van der Waals surface area contributed by atoms with Crippen LogP contribution in [0.15, 0.2) is 57.9 Å². The third-order valence-corrected chi connectivity index (χ3v) is 7.10. The van der Waals surface area contributed by atoms with Crippen LogP contribution < -0.4 is 5.32 Å². The minimum Gasteiger partial charge on any atom is -0.378 e. The number of ketones is 1. The highest BCUT2D eigenvalue weighted by Gasteiger charge is 2.29. The van der Waals surface area contributed by atoms with Gasteiger partial charge >= 0.3 is 0 Å². The van der Waals surface area contributed by atoms with Crippen LogP contribution in [0, 0.1) is 5.92 Å². The number of Topliss-reactive ketones (excluding diaryl/α,β-unsaturated/α-hetero) is 1. The van der Waals surface area contributed by atoms with Gasteiger partial charge in [-0.25, -0.2) is 8.42 Å². The van der Waals surface area contributed by atoms with Crippen LogP contribution in [0.3, 0.4) is 0 Å². The first-order valence-corrected chi connectivity index (χ1v) is 11.2. The number of carbonyl (C=O) groups is 1. The van der Waals surface area contributed by atoms with Crippen molar-refractivity contribution in [3.05, 3.63) is 58.6 Å². The summed E-state index contributed by atoms with van der Waals surface area (Å²) in [5, 5.41) is 3.07. The van der Waals surface area contributed by atoms with E-state index in [9.17, 15) is 13.2 Å². The van der Waals surface area contributed by atoms with Crippen LogP contribution in [0.2, 0.25) is 0 Å². The highest BCUT2D eigenvalue weighted by molar-refractivity contribution is 9.10. The molecule has 1 unspecified atom stereocenters. The zero-order chi connectivity index (χ0) is 19.4. The number of anilines is 1. The van der Waals surface area contributed by atoms with Crippen molar-refractivity contribution in [2.45, 2.75) is 24.7 Å². The van der Waals surface area contributed by atoms with E-state index in [1.807, 2.05) is 24.3 Å². The van der Waals surface area contributed by atoms with Crippen LogP contribution in [0.25, 0.3) is 0 Å². The highest BCUT2D eigenvalue weighted by atomic mass is 79.9. The number of hydrogen-bond acceptors (Lipinski definition) is 4. The summed E-state index contributed by atoms with van der Waals surface area (Å²) in [6.45, 7) is 3.24. The van der Waals surface area contributed by atoms with Crippen LogP contribution in [-0.2, 0) is 10.0 Å². The lowest BCUT2D eigenvalue weighted by Crippen LogP contribution is -2.39. The number of hydrogen-bond donors (Lipinski definition) is 1. The lowest BCUT2D eigenvalue weighted by molar-refractivity contribution is 0.101. The molecule has 144 valence electrons. The zero-order valence-electron chi connectivity index (χ0n) is 15.2. The summed E-state index contributed by atoms with van der Waals surface area (Å²) in [6.07, 6.45) is 1.92. The predicted molar refractivity (Wildman–Crippen MR) is 111 cm³/mol. The molecule has 2 aromatic rings. The fourth-order valence-corrected chi connectivity index (χ4v) is 5.10. The van der Waals surface area contributed by atoms with E-state index < -0.39 is 10.0 Å². The molecule has 0 aromatic heterocycles. The van der Waals surface area contributed by atoms with E-state index >= 15 is 0 Å². The summed E-state index contributed by atoms with van der Waals surface area (Å²) in [5.74, 6) is 0.204. The van der Waals surface area contributed by atoms with E-state index in [-0.39, 0.29) is 17.2 Å². The molecule has 3 rings (SSSR count). The van der Waals surface area contributed by atoms with Gasteiger partial charge in [-0.2, -0.15) is 4.31 Å². The largest absolute Gasteiger partial charge is 0.378 e. The highest BCUT2D eigenvalue weighted by Crippen LogP contribution is 2.24. The van der Waals surface area contributed by atoms with E-state index in [4.69, 9.17) is 0 Å². The van der Waals surface area contributed by atoms with E-state index in [1.54, 1.807) is 18.2 Å². The second-order valence-electron chi connectivity index (χ2n) is 6.92. The van der Waals surface area contributed by atoms with Gasteiger partial charge in [0.05, 0.1) is 11.4 Å². The summed E-state index contributed by atoms with van der Waals surface area (Å²) in [6, 6.07) is 13.9. The van der Waals surface area contributed by atoms with E-state index in [1.165, 1.54) is 10.4 Å². The molecule has 1 fully saturated rings. The van der Waals surface area contributed by atoms with E-state index in [2.05, 4.69) is 28.2 Å². The predicted octanol–water partition coefficient (Wildman–Crippen LogP) is 4.16. The lowest BCUT2D eigenvalue weighted by Gasteiger charge is -2.30. The van der Waals surface area contributed by atoms with Gasteiger partial charge < -0.3 is 5.32 Å². The van der Waals surface area contributed by atoms with Crippen molar-refractivity contribution in [2.75, 3.05) is 25.0 Å². The number of benzene rings is 2. The van der Waals surface area contributed by atoms with Gasteiger partial charge in [0.2, 0.25) is 10.0 Å². The molecule has 1 heterocycles. The molecule has 0 spiro atoms. The molecule has 5 nitrogen and oxygen atoms in total. The molecule has 2 aromatic carbocycles. The molecule has 0 radical (unpaired) electrons. The van der Waals surface area contributed by atoms with E-state index in [0.29, 0.717) is 24.6 Å². The Morgan fingerprint density at radius 3 is 2.67 bits per heavy atom. The molecular formula is C20H23BrN2O3S. The van der Waals surface area contributed by atoms with Gasteiger partial charge in [0.1, 0.15) is 0 Å². The summed E-state index contributed by atoms with van der Waals surface area (Å²) >= 11 is 3.37. The van der Waals surface area contributed by atoms with Crippen molar-refractivity contribution >= 4 is 37.4 Å². The third-order valence-electron chi connectivity index (χ3n) is 4.71. The van der Waals surface area contributed by atoms with Gasteiger partial charge in [0.25, 0.3) is 0 Å². The number of rotatable bonds is 6. The molecule has 0 aliphatic carbocycles. The van der Waals surface area contributed by atoms with Crippen LogP contribution in [-0.4, -0.2) is 38.1 Å². The summed E-state index contributed by atoms with van der Waals surface area (Å²) < 4.78 is 28.3. The number of halogens is 1. The molecule has 0 bridgehead atoms. The van der Waals surface area contributed by atoms with Gasteiger partial charge in [-0.3, -0.25) is 4.79 Å². The Morgan fingerprint density at radius 1 is 1.22 bits per heavy atom. The van der Waals surface area contributed by atoms with Crippen molar-refractivity contribution in [2.24, 2.45) is 5.92 Å². The Hall–Kier alpha value is -1.70. The van der Waals surface area contributed by atoms with E-state index in [0.717, 1.165) is 23.0 Å². The lowest BCUT2D eigenvalue weighted by atomic mass is 10.0. The maximum atomic E-state index is 12.9. The summed E-state index contributed by atoms with van der Waals surface area (Å²) in [7, 11) is -3.57. The van der Waals surface area contributed by atoms with Gasteiger partial charge in [0, 0.05) is 28.8 Å². The first-order chi connectivity index (χ1) is 12.9. The van der Waals surface area contributed by atoms with Crippen molar-refractivity contribution in [1.29, 1.82) is 0 Å². The van der Waals surface area contributed by atoms with Crippen LogP contribution in [0.1, 0.15) is 30.1 Å². The van der Waals surface area contributed by atoms with Crippen LogP contribution >= 0.6 is 15.9 Å². The number of sulfonamides is 1. The monoisotopic (exact) mass is 450 g/mol. The van der Waals surface area contributed by atoms with Crippen molar-refractivity contribution in [3.8, 4) is 0 Å². The molecule has 27 heavy (non-hydrogen) atoms. The second kappa shape index (κ2) is 8.54. The molecule has 0 amide bonds. The topological polar surface area (TPSA) is 66.5 Å². The minimum absolute atomic E-state index is 0.103. The van der Waals surface area contributed by atoms with Crippen LogP contribution in [0.5, 0.6) is 0 Å². The van der Waals surface area contributed by atoms with Crippen molar-refractivity contribution < 1.29 is 13.2 Å². The number of nitrogens with zero attached hydrogens (tertiary/aromatic N) is 1. The molecule has 1 aliphatic rings. The summed E-state index contributed by atoms with van der Waals surface area (Å²) in [5.41, 5.74) is 1.23. The third kappa shape index (κ3) is 4.97. The van der Waals surface area contributed by atoms with Gasteiger partial charge in [-0.1, -0.05) is 35.0 Å². The minimum atomic E-state index is -3.57. The quantitative estimate of drug-likeness (QED) is 0.670. The Labute approximate surface area is 169 Å². The Kier molecular flexibility index (Phi) is 6.34. The maximum absolute atomic E-state index is 12.9. The van der Waals surface area contributed by atoms with Crippen LogP contribution in [0.4, 0.5) is 5.69 Å². The van der Waals surface area contributed by atoms with Crippen molar-refractivity contribution in [1.82, 2.24) is 4.31 Å². The zero-order valence-corrected chi connectivity index (χ0v) is 17.6.